The minimum absolute atomic E-state index is 0.382. The molecule has 1 rings (SSSR count). The Balaban J connectivity index is 2.44. The summed E-state index contributed by atoms with van der Waals surface area (Å²) in [6, 6.07) is 0. The highest BCUT2D eigenvalue weighted by molar-refractivity contribution is 7.53. The van der Waals surface area contributed by atoms with E-state index in [1.807, 2.05) is 6.92 Å². The highest BCUT2D eigenvalue weighted by Crippen LogP contribution is 2.47. The highest BCUT2D eigenvalue weighted by atomic mass is 31.2. The van der Waals surface area contributed by atoms with Gasteiger partial charge in [-0.1, -0.05) is 6.92 Å². The molecule has 1 aliphatic rings. The molecule has 1 heterocycles. The van der Waals surface area contributed by atoms with Crippen molar-refractivity contribution >= 4 is 7.60 Å². The van der Waals surface area contributed by atoms with Gasteiger partial charge in [-0.05, 0) is 0 Å². The van der Waals surface area contributed by atoms with Crippen LogP contribution in [0.1, 0.15) is 6.92 Å². The van der Waals surface area contributed by atoms with Crippen LogP contribution in [-0.4, -0.2) is 19.9 Å². The van der Waals surface area contributed by atoms with Crippen molar-refractivity contribution < 1.29 is 13.6 Å². The van der Waals surface area contributed by atoms with Crippen LogP contribution in [0.5, 0.6) is 0 Å². The number of rotatable bonds is 0. The summed E-state index contributed by atoms with van der Waals surface area (Å²) in [4.78, 5) is 0. The second-order valence-electron chi connectivity index (χ2n) is 2.47. The molecule has 0 aromatic rings. The number of hydrogen-bond donors (Lipinski definition) is 0. The van der Waals surface area contributed by atoms with Crippen molar-refractivity contribution in [2.45, 2.75) is 6.92 Å². The summed E-state index contributed by atoms with van der Waals surface area (Å²) in [6.45, 7) is 4.62. The van der Waals surface area contributed by atoms with Gasteiger partial charge in [-0.15, -0.1) is 0 Å². The second-order valence-corrected chi connectivity index (χ2v) is 4.53. The zero-order valence-corrected chi connectivity index (χ0v) is 6.56. The predicted octanol–water partition coefficient (Wildman–Crippen LogP) is 1.49. The fourth-order valence-corrected chi connectivity index (χ4v) is 1.74. The summed E-state index contributed by atoms with van der Waals surface area (Å²) in [5.41, 5.74) is 0. The molecule has 0 atom stereocenters. The average molecular weight is 150 g/mol. The molecular formula is C5H11O3P. The van der Waals surface area contributed by atoms with Gasteiger partial charge in [-0.3, -0.25) is 4.57 Å². The van der Waals surface area contributed by atoms with Gasteiger partial charge >= 0.3 is 7.60 Å². The Morgan fingerprint density at radius 1 is 1.44 bits per heavy atom. The van der Waals surface area contributed by atoms with Crippen LogP contribution in [-0.2, 0) is 13.6 Å². The van der Waals surface area contributed by atoms with Crippen LogP contribution in [0.4, 0.5) is 0 Å². The Morgan fingerprint density at radius 3 is 2.22 bits per heavy atom. The lowest BCUT2D eigenvalue weighted by Crippen LogP contribution is -2.17. The smallest absolute Gasteiger partial charge is 0.308 e. The zero-order chi connectivity index (χ0) is 6.91. The van der Waals surface area contributed by atoms with Crippen LogP contribution in [0, 0.1) is 5.92 Å². The van der Waals surface area contributed by atoms with Gasteiger partial charge in [0.2, 0.25) is 0 Å². The molecule has 1 saturated heterocycles. The van der Waals surface area contributed by atoms with E-state index in [-0.39, 0.29) is 0 Å². The van der Waals surface area contributed by atoms with Gasteiger partial charge < -0.3 is 9.05 Å². The summed E-state index contributed by atoms with van der Waals surface area (Å²) < 4.78 is 20.8. The molecule has 0 bridgehead atoms. The first-order valence-electron chi connectivity index (χ1n) is 2.97. The van der Waals surface area contributed by atoms with Crippen molar-refractivity contribution in [3.63, 3.8) is 0 Å². The lowest BCUT2D eigenvalue weighted by Gasteiger charge is -2.23. The quantitative estimate of drug-likeness (QED) is 0.491. The summed E-state index contributed by atoms with van der Waals surface area (Å²) >= 11 is 0. The van der Waals surface area contributed by atoms with Crippen molar-refractivity contribution in [3.05, 3.63) is 0 Å². The van der Waals surface area contributed by atoms with Gasteiger partial charge in [-0.2, -0.15) is 0 Å². The Kier molecular flexibility index (Phi) is 1.94. The van der Waals surface area contributed by atoms with Gasteiger partial charge in [0.25, 0.3) is 0 Å². The van der Waals surface area contributed by atoms with E-state index in [4.69, 9.17) is 9.05 Å². The monoisotopic (exact) mass is 150 g/mol. The Hall–Kier alpha value is 0.150. The van der Waals surface area contributed by atoms with E-state index in [9.17, 15) is 4.57 Å². The molecule has 0 radical (unpaired) electrons. The van der Waals surface area contributed by atoms with Crippen LogP contribution in [0.2, 0.25) is 0 Å². The fraction of sp³-hybridized carbons (Fsp3) is 1.00. The van der Waals surface area contributed by atoms with Gasteiger partial charge in [-0.25, -0.2) is 0 Å². The largest absolute Gasteiger partial charge is 0.327 e. The van der Waals surface area contributed by atoms with E-state index < -0.39 is 7.60 Å². The normalized spacial score (nSPS) is 44.9. The van der Waals surface area contributed by atoms with Gasteiger partial charge in [0, 0.05) is 12.6 Å². The maximum atomic E-state index is 10.9. The third kappa shape index (κ3) is 2.09. The van der Waals surface area contributed by atoms with Crippen molar-refractivity contribution in [2.24, 2.45) is 5.92 Å². The first-order valence-corrected chi connectivity index (χ1v) is 4.96. The molecule has 1 fully saturated rings. The summed E-state index contributed by atoms with van der Waals surface area (Å²) in [5, 5.41) is 0. The van der Waals surface area contributed by atoms with E-state index in [1.165, 1.54) is 6.66 Å². The van der Waals surface area contributed by atoms with Crippen LogP contribution in [0.3, 0.4) is 0 Å². The molecule has 54 valence electrons. The molecule has 4 heteroatoms. The van der Waals surface area contributed by atoms with Crippen molar-refractivity contribution in [3.8, 4) is 0 Å². The van der Waals surface area contributed by atoms with Crippen LogP contribution >= 0.6 is 7.60 Å². The molecule has 9 heavy (non-hydrogen) atoms. The number of hydrogen-bond acceptors (Lipinski definition) is 3. The maximum absolute atomic E-state index is 10.9. The van der Waals surface area contributed by atoms with E-state index in [0.29, 0.717) is 19.1 Å². The second kappa shape index (κ2) is 2.41. The summed E-state index contributed by atoms with van der Waals surface area (Å²) in [5.74, 6) is 0.382. The third-order valence-electron chi connectivity index (χ3n) is 1.19. The first-order chi connectivity index (χ1) is 4.10. The Labute approximate surface area is 54.9 Å². The molecule has 0 spiro atoms. The summed E-state index contributed by atoms with van der Waals surface area (Å²) in [7, 11) is -2.62. The Morgan fingerprint density at radius 2 is 1.89 bits per heavy atom. The average Bonchev–Trinajstić information content (AvgIpc) is 1.78. The van der Waals surface area contributed by atoms with E-state index in [0.717, 1.165) is 0 Å². The van der Waals surface area contributed by atoms with Crippen molar-refractivity contribution in [2.75, 3.05) is 19.9 Å². The minimum Gasteiger partial charge on any atom is -0.308 e. The van der Waals surface area contributed by atoms with Gasteiger partial charge in [0.05, 0.1) is 13.2 Å². The molecule has 0 aromatic carbocycles. The van der Waals surface area contributed by atoms with Gasteiger partial charge in [0.15, 0.2) is 0 Å². The topological polar surface area (TPSA) is 35.5 Å². The van der Waals surface area contributed by atoms with E-state index in [1.54, 1.807) is 0 Å². The Bertz CT molecular complexity index is 133. The molecule has 0 N–H and O–H groups in total. The molecule has 1 aliphatic heterocycles. The molecule has 0 amide bonds. The van der Waals surface area contributed by atoms with Crippen molar-refractivity contribution in [1.82, 2.24) is 0 Å². The predicted molar refractivity (Wildman–Crippen MR) is 34.6 cm³/mol. The highest BCUT2D eigenvalue weighted by Gasteiger charge is 2.24. The SMILES string of the molecule is CC1COP(C)(=O)OC1. The van der Waals surface area contributed by atoms with Crippen LogP contribution < -0.4 is 0 Å². The van der Waals surface area contributed by atoms with Crippen LogP contribution in [0.25, 0.3) is 0 Å². The van der Waals surface area contributed by atoms with E-state index in [2.05, 4.69) is 0 Å². The molecule has 0 aliphatic carbocycles. The molecule has 0 saturated carbocycles. The molecule has 3 nitrogen and oxygen atoms in total. The molecule has 0 aromatic heterocycles. The van der Waals surface area contributed by atoms with E-state index >= 15 is 0 Å². The fourth-order valence-electron chi connectivity index (χ4n) is 0.611. The minimum atomic E-state index is -2.62. The third-order valence-corrected chi connectivity index (χ3v) is 2.42. The van der Waals surface area contributed by atoms with Crippen molar-refractivity contribution in [1.29, 1.82) is 0 Å². The molecule has 0 unspecified atom stereocenters. The summed E-state index contributed by atoms with van der Waals surface area (Å²) in [6.07, 6.45) is 0. The maximum Gasteiger partial charge on any atom is 0.327 e. The lowest BCUT2D eigenvalue weighted by atomic mass is 10.2. The van der Waals surface area contributed by atoms with Gasteiger partial charge in [0.1, 0.15) is 0 Å². The molecular weight excluding hydrogens is 139 g/mol. The zero-order valence-electron chi connectivity index (χ0n) is 5.66. The lowest BCUT2D eigenvalue weighted by molar-refractivity contribution is 0.105. The standard InChI is InChI=1S/C5H11O3P/c1-5-3-7-9(2,6)8-4-5/h5H,3-4H2,1-2H3. The van der Waals surface area contributed by atoms with Crippen LogP contribution in [0.15, 0.2) is 0 Å². The first kappa shape index (κ1) is 7.26.